The number of anilines is 1. The van der Waals surface area contributed by atoms with Crippen LogP contribution in [0.25, 0.3) is 11.0 Å². The van der Waals surface area contributed by atoms with Crippen molar-refractivity contribution in [3.63, 3.8) is 0 Å². The summed E-state index contributed by atoms with van der Waals surface area (Å²) in [4.78, 5) is 30.5. The molecule has 0 aliphatic carbocycles. The molecule has 0 saturated heterocycles. The molecular formula is C16H15N3O3. The van der Waals surface area contributed by atoms with Crippen LogP contribution in [0.4, 0.5) is 5.69 Å². The smallest absolute Gasteiger partial charge is 0.336 e. The summed E-state index contributed by atoms with van der Waals surface area (Å²) in [6.45, 7) is 5.46. The Labute approximate surface area is 126 Å². The highest BCUT2D eigenvalue weighted by atomic mass is 16.4. The number of amides is 1. The van der Waals surface area contributed by atoms with E-state index >= 15 is 0 Å². The van der Waals surface area contributed by atoms with Crippen LogP contribution in [-0.2, 0) is 0 Å². The Bertz CT molecular complexity index is 937. The van der Waals surface area contributed by atoms with E-state index in [-0.39, 0.29) is 11.5 Å². The van der Waals surface area contributed by atoms with Crippen molar-refractivity contribution < 1.29 is 9.21 Å². The molecule has 0 spiro atoms. The fraction of sp³-hybridized carbons (Fsp3) is 0.188. The summed E-state index contributed by atoms with van der Waals surface area (Å²) in [6.07, 6.45) is 1.49. The predicted molar refractivity (Wildman–Crippen MR) is 83.2 cm³/mol. The topological polar surface area (TPSA) is 88.0 Å². The fourth-order valence-electron chi connectivity index (χ4n) is 2.33. The summed E-state index contributed by atoms with van der Waals surface area (Å²) < 4.78 is 5.19. The van der Waals surface area contributed by atoms with Gasteiger partial charge in [0.05, 0.1) is 6.20 Å². The summed E-state index contributed by atoms with van der Waals surface area (Å²) in [6, 6.07) is 4.99. The molecule has 3 aromatic rings. The third-order valence-electron chi connectivity index (χ3n) is 3.49. The van der Waals surface area contributed by atoms with Crippen LogP contribution >= 0.6 is 0 Å². The molecule has 22 heavy (non-hydrogen) atoms. The van der Waals surface area contributed by atoms with E-state index < -0.39 is 0 Å². The number of hydrogen-bond acceptors (Lipinski definition) is 4. The van der Waals surface area contributed by atoms with Gasteiger partial charge in [-0.15, -0.1) is 0 Å². The molecule has 0 bridgehead atoms. The first-order chi connectivity index (χ1) is 10.4. The lowest BCUT2D eigenvalue weighted by molar-refractivity contribution is 0.102. The van der Waals surface area contributed by atoms with Crippen molar-refractivity contribution in [2.24, 2.45) is 0 Å². The largest absolute Gasteiger partial charge is 0.423 e. The number of nitrogens with zero attached hydrogens (tertiary/aromatic N) is 1. The molecule has 0 saturated carbocycles. The normalized spacial score (nSPS) is 10.9. The maximum absolute atomic E-state index is 12.2. The van der Waals surface area contributed by atoms with E-state index in [0.29, 0.717) is 22.8 Å². The zero-order valence-corrected chi connectivity index (χ0v) is 12.5. The summed E-state index contributed by atoms with van der Waals surface area (Å²) in [5.41, 5.74) is 2.81. The first-order valence-corrected chi connectivity index (χ1v) is 6.82. The average molecular weight is 297 g/mol. The highest BCUT2D eigenvalue weighted by Crippen LogP contribution is 2.25. The number of H-pyrrole nitrogens is 1. The third kappa shape index (κ3) is 2.50. The van der Waals surface area contributed by atoms with Crippen LogP contribution in [0.5, 0.6) is 0 Å². The molecule has 2 heterocycles. The lowest BCUT2D eigenvalue weighted by Crippen LogP contribution is -2.13. The number of nitrogens with one attached hydrogen (secondary N) is 2. The van der Waals surface area contributed by atoms with Crippen LogP contribution < -0.4 is 10.9 Å². The number of imidazole rings is 1. The van der Waals surface area contributed by atoms with Gasteiger partial charge in [-0.25, -0.2) is 9.78 Å². The van der Waals surface area contributed by atoms with Crippen molar-refractivity contribution in [3.05, 3.63) is 57.5 Å². The van der Waals surface area contributed by atoms with E-state index in [0.717, 1.165) is 16.5 Å². The SMILES string of the molecule is Cc1ncc(C(=O)Nc2cc3c(C)cc(=O)oc3cc2C)[nH]1. The molecular weight excluding hydrogens is 282 g/mol. The molecule has 6 heteroatoms. The van der Waals surface area contributed by atoms with Crippen LogP contribution in [0, 0.1) is 20.8 Å². The van der Waals surface area contributed by atoms with Gasteiger partial charge in [0.1, 0.15) is 17.1 Å². The van der Waals surface area contributed by atoms with Gasteiger partial charge in [0.25, 0.3) is 5.91 Å². The Balaban J connectivity index is 2.02. The highest BCUT2D eigenvalue weighted by molar-refractivity contribution is 6.04. The van der Waals surface area contributed by atoms with Gasteiger partial charge in [-0.3, -0.25) is 4.79 Å². The standard InChI is InChI=1S/C16H15N3O3/c1-8-5-15(20)22-14-4-9(2)12(6-11(8)14)19-16(21)13-7-17-10(3)18-13/h4-7H,1-3H3,(H,17,18)(H,19,21). The van der Waals surface area contributed by atoms with Crippen molar-refractivity contribution in [2.45, 2.75) is 20.8 Å². The second-order valence-electron chi connectivity index (χ2n) is 5.25. The Morgan fingerprint density at radius 3 is 2.64 bits per heavy atom. The zero-order chi connectivity index (χ0) is 15.9. The Kier molecular flexibility index (Phi) is 3.29. The van der Waals surface area contributed by atoms with Gasteiger partial charge >= 0.3 is 5.63 Å². The van der Waals surface area contributed by atoms with E-state index in [1.165, 1.54) is 12.3 Å². The van der Waals surface area contributed by atoms with Crippen LogP contribution in [0.15, 0.2) is 33.6 Å². The second-order valence-corrected chi connectivity index (χ2v) is 5.25. The van der Waals surface area contributed by atoms with Gasteiger partial charge in [-0.2, -0.15) is 0 Å². The first-order valence-electron chi connectivity index (χ1n) is 6.82. The van der Waals surface area contributed by atoms with Crippen LogP contribution in [-0.4, -0.2) is 15.9 Å². The summed E-state index contributed by atoms with van der Waals surface area (Å²) >= 11 is 0. The first kappa shape index (κ1) is 14.1. The third-order valence-corrected chi connectivity index (χ3v) is 3.49. The minimum atomic E-state index is -0.380. The number of aromatic amines is 1. The van der Waals surface area contributed by atoms with Gasteiger partial charge in [-0.1, -0.05) is 0 Å². The maximum Gasteiger partial charge on any atom is 0.336 e. The number of aryl methyl sites for hydroxylation is 3. The molecule has 0 aliphatic rings. The van der Waals surface area contributed by atoms with Gasteiger partial charge in [0.2, 0.25) is 0 Å². The van der Waals surface area contributed by atoms with Gasteiger partial charge < -0.3 is 14.7 Å². The average Bonchev–Trinajstić information content (AvgIpc) is 2.87. The van der Waals surface area contributed by atoms with E-state index in [2.05, 4.69) is 15.3 Å². The van der Waals surface area contributed by atoms with Crippen LogP contribution in [0.1, 0.15) is 27.4 Å². The summed E-state index contributed by atoms with van der Waals surface area (Å²) in [7, 11) is 0. The highest BCUT2D eigenvalue weighted by Gasteiger charge is 2.12. The van der Waals surface area contributed by atoms with E-state index in [4.69, 9.17) is 4.42 Å². The number of carbonyl (C=O) groups excluding carboxylic acids is 1. The number of hydrogen-bond donors (Lipinski definition) is 2. The predicted octanol–water partition coefficient (Wildman–Crippen LogP) is 2.69. The number of rotatable bonds is 2. The number of fused-ring (bicyclic) bond motifs is 1. The molecule has 2 aromatic heterocycles. The van der Waals surface area contributed by atoms with Crippen molar-refractivity contribution in [2.75, 3.05) is 5.32 Å². The summed E-state index contributed by atoms with van der Waals surface area (Å²) in [5.74, 6) is 0.413. The minimum Gasteiger partial charge on any atom is -0.423 e. The molecule has 2 N–H and O–H groups in total. The number of aromatic nitrogens is 2. The molecule has 0 atom stereocenters. The number of carbonyl (C=O) groups is 1. The van der Waals surface area contributed by atoms with E-state index in [9.17, 15) is 9.59 Å². The molecule has 1 aromatic carbocycles. The van der Waals surface area contributed by atoms with Crippen LogP contribution in [0.2, 0.25) is 0 Å². The van der Waals surface area contributed by atoms with Crippen molar-refractivity contribution in [1.82, 2.24) is 9.97 Å². The molecule has 0 unspecified atom stereocenters. The van der Waals surface area contributed by atoms with E-state index in [1.807, 2.05) is 19.9 Å². The zero-order valence-electron chi connectivity index (χ0n) is 12.5. The van der Waals surface area contributed by atoms with Gasteiger partial charge in [-0.05, 0) is 44.0 Å². The van der Waals surface area contributed by atoms with Gasteiger partial charge in [0, 0.05) is 17.1 Å². The number of benzene rings is 1. The lowest BCUT2D eigenvalue weighted by atomic mass is 10.1. The molecule has 6 nitrogen and oxygen atoms in total. The van der Waals surface area contributed by atoms with Crippen LogP contribution in [0.3, 0.4) is 0 Å². The van der Waals surface area contributed by atoms with Crippen molar-refractivity contribution >= 4 is 22.6 Å². The molecule has 0 fully saturated rings. The van der Waals surface area contributed by atoms with Crippen molar-refractivity contribution in [3.8, 4) is 0 Å². The lowest BCUT2D eigenvalue weighted by Gasteiger charge is -2.10. The quantitative estimate of drug-likeness (QED) is 0.712. The summed E-state index contributed by atoms with van der Waals surface area (Å²) in [5, 5.41) is 3.64. The second kappa shape index (κ2) is 5.14. The molecule has 112 valence electrons. The maximum atomic E-state index is 12.2. The Morgan fingerprint density at radius 2 is 1.95 bits per heavy atom. The molecule has 0 radical (unpaired) electrons. The fourth-order valence-corrected chi connectivity index (χ4v) is 2.33. The molecule has 0 aliphatic heterocycles. The molecule has 3 rings (SSSR count). The Morgan fingerprint density at radius 1 is 1.18 bits per heavy atom. The van der Waals surface area contributed by atoms with Crippen molar-refractivity contribution in [1.29, 1.82) is 0 Å². The molecule has 1 amide bonds. The monoisotopic (exact) mass is 297 g/mol. The minimum absolute atomic E-state index is 0.266. The van der Waals surface area contributed by atoms with E-state index in [1.54, 1.807) is 13.0 Å². The Hall–Kier alpha value is -2.89. The van der Waals surface area contributed by atoms with Gasteiger partial charge in [0.15, 0.2) is 0 Å².